The summed E-state index contributed by atoms with van der Waals surface area (Å²) in [6.07, 6.45) is 0. The molecule has 8 heteroatoms. The third-order valence-electron chi connectivity index (χ3n) is 4.10. The molecule has 2 amide bonds. The van der Waals surface area contributed by atoms with Crippen LogP contribution in [0.5, 0.6) is 0 Å². The summed E-state index contributed by atoms with van der Waals surface area (Å²) in [5, 5.41) is 5.69. The van der Waals surface area contributed by atoms with E-state index in [1.807, 2.05) is 0 Å². The van der Waals surface area contributed by atoms with Crippen molar-refractivity contribution in [3.63, 3.8) is 0 Å². The molecule has 2 aromatic carbocycles. The van der Waals surface area contributed by atoms with E-state index in [0.29, 0.717) is 16.2 Å². The smallest absolute Gasteiger partial charge is 0.328 e. The van der Waals surface area contributed by atoms with Crippen molar-refractivity contribution in [1.82, 2.24) is 14.5 Å². The standard InChI is InChI=1S/C18H17ClN4O3/c1-22-14-8-7-13(9-15(14)23(2)18(22)26)21-17(25)16(24)20-10-11-3-5-12(19)6-4-11/h3-9H,10H2,1-2H3,(H,20,24)(H,21,25). The van der Waals surface area contributed by atoms with Crippen LogP contribution >= 0.6 is 11.6 Å². The molecule has 3 aromatic rings. The second-order valence-corrected chi connectivity index (χ2v) is 6.30. The zero-order valence-electron chi connectivity index (χ0n) is 14.2. The van der Waals surface area contributed by atoms with Gasteiger partial charge in [-0.3, -0.25) is 18.7 Å². The van der Waals surface area contributed by atoms with E-state index < -0.39 is 11.8 Å². The van der Waals surface area contributed by atoms with E-state index in [4.69, 9.17) is 11.6 Å². The highest BCUT2D eigenvalue weighted by molar-refractivity contribution is 6.39. The van der Waals surface area contributed by atoms with Crippen LogP contribution in [0.15, 0.2) is 47.3 Å². The first-order valence-corrected chi connectivity index (χ1v) is 8.23. The minimum absolute atomic E-state index is 0.163. The summed E-state index contributed by atoms with van der Waals surface area (Å²) in [4.78, 5) is 36.0. The van der Waals surface area contributed by atoms with E-state index in [-0.39, 0.29) is 12.2 Å². The molecule has 7 nitrogen and oxygen atoms in total. The lowest BCUT2D eigenvalue weighted by Gasteiger charge is -2.07. The fourth-order valence-electron chi connectivity index (χ4n) is 2.64. The van der Waals surface area contributed by atoms with Crippen molar-refractivity contribution in [1.29, 1.82) is 0 Å². The number of nitrogens with one attached hydrogen (secondary N) is 2. The van der Waals surface area contributed by atoms with Crippen molar-refractivity contribution in [2.45, 2.75) is 6.54 Å². The third-order valence-corrected chi connectivity index (χ3v) is 4.35. The Morgan fingerprint density at radius 1 is 0.962 bits per heavy atom. The summed E-state index contributed by atoms with van der Waals surface area (Å²) in [5.41, 5.74) is 2.50. The molecule has 1 heterocycles. The first kappa shape index (κ1) is 17.8. The maximum Gasteiger partial charge on any atom is 0.328 e. The van der Waals surface area contributed by atoms with E-state index in [1.54, 1.807) is 56.6 Å². The van der Waals surface area contributed by atoms with Gasteiger partial charge in [0.1, 0.15) is 0 Å². The molecule has 0 bridgehead atoms. The van der Waals surface area contributed by atoms with Crippen molar-refractivity contribution in [3.05, 3.63) is 63.5 Å². The number of aromatic nitrogens is 2. The predicted octanol–water partition coefficient (Wildman–Crippen LogP) is 1.79. The summed E-state index contributed by atoms with van der Waals surface area (Å²) in [6, 6.07) is 12.0. The van der Waals surface area contributed by atoms with E-state index in [1.165, 1.54) is 9.13 Å². The summed E-state index contributed by atoms with van der Waals surface area (Å²) < 4.78 is 2.99. The van der Waals surface area contributed by atoms with Gasteiger partial charge in [0.25, 0.3) is 0 Å². The highest BCUT2D eigenvalue weighted by Crippen LogP contribution is 2.17. The predicted molar refractivity (Wildman–Crippen MR) is 100 cm³/mol. The van der Waals surface area contributed by atoms with Crippen molar-refractivity contribution < 1.29 is 9.59 Å². The Hall–Kier alpha value is -3.06. The Morgan fingerprint density at radius 3 is 2.31 bits per heavy atom. The molecular weight excluding hydrogens is 356 g/mol. The van der Waals surface area contributed by atoms with E-state index in [9.17, 15) is 14.4 Å². The Balaban J connectivity index is 1.68. The first-order chi connectivity index (χ1) is 12.4. The fourth-order valence-corrected chi connectivity index (χ4v) is 2.76. The number of rotatable bonds is 3. The van der Waals surface area contributed by atoms with Gasteiger partial charge < -0.3 is 10.6 Å². The summed E-state index contributed by atoms with van der Waals surface area (Å²) in [7, 11) is 3.32. The summed E-state index contributed by atoms with van der Waals surface area (Å²) in [6.45, 7) is 0.218. The van der Waals surface area contributed by atoms with Gasteiger partial charge in [-0.15, -0.1) is 0 Å². The fraction of sp³-hybridized carbons (Fsp3) is 0.167. The largest absolute Gasteiger partial charge is 0.344 e. The Morgan fingerprint density at radius 2 is 1.62 bits per heavy atom. The number of carbonyl (C=O) groups is 2. The Labute approximate surface area is 154 Å². The molecule has 26 heavy (non-hydrogen) atoms. The van der Waals surface area contributed by atoms with Gasteiger partial charge in [0.05, 0.1) is 11.0 Å². The van der Waals surface area contributed by atoms with Gasteiger partial charge in [-0.1, -0.05) is 23.7 Å². The number of aryl methyl sites for hydroxylation is 2. The SMILES string of the molecule is Cn1c(=O)n(C)c2cc(NC(=O)C(=O)NCc3ccc(Cl)cc3)ccc21. The van der Waals surface area contributed by atoms with Crippen LogP contribution in [0.25, 0.3) is 11.0 Å². The molecule has 0 radical (unpaired) electrons. The van der Waals surface area contributed by atoms with Gasteiger partial charge >= 0.3 is 17.5 Å². The second kappa shape index (κ2) is 7.05. The van der Waals surface area contributed by atoms with Crippen molar-refractivity contribution in [2.75, 3.05) is 5.32 Å². The molecule has 134 valence electrons. The minimum atomic E-state index is -0.778. The zero-order chi connectivity index (χ0) is 18.8. The van der Waals surface area contributed by atoms with Gasteiger partial charge in [0.15, 0.2) is 0 Å². The zero-order valence-corrected chi connectivity index (χ0v) is 15.0. The first-order valence-electron chi connectivity index (χ1n) is 7.86. The lowest BCUT2D eigenvalue weighted by molar-refractivity contribution is -0.136. The average molecular weight is 373 g/mol. The molecule has 0 aliphatic rings. The second-order valence-electron chi connectivity index (χ2n) is 5.87. The molecule has 0 spiro atoms. The number of benzene rings is 2. The van der Waals surface area contributed by atoms with Gasteiger partial charge in [-0.05, 0) is 35.9 Å². The Kier molecular flexibility index (Phi) is 4.81. The third kappa shape index (κ3) is 3.48. The maximum absolute atomic E-state index is 12.1. The molecule has 0 saturated heterocycles. The maximum atomic E-state index is 12.1. The van der Waals surface area contributed by atoms with E-state index >= 15 is 0 Å². The highest BCUT2D eigenvalue weighted by Gasteiger charge is 2.15. The molecule has 0 aliphatic heterocycles. The van der Waals surface area contributed by atoms with Gasteiger partial charge in [0, 0.05) is 31.4 Å². The van der Waals surface area contributed by atoms with Crippen LogP contribution in [-0.4, -0.2) is 20.9 Å². The van der Waals surface area contributed by atoms with E-state index in [2.05, 4.69) is 10.6 Å². The normalized spacial score (nSPS) is 10.7. The number of halogens is 1. The quantitative estimate of drug-likeness (QED) is 0.687. The number of amides is 2. The van der Waals surface area contributed by atoms with Crippen LogP contribution in [0.1, 0.15) is 5.56 Å². The van der Waals surface area contributed by atoms with Gasteiger partial charge in [-0.25, -0.2) is 4.79 Å². The van der Waals surface area contributed by atoms with Crippen molar-refractivity contribution in [2.24, 2.45) is 14.1 Å². The van der Waals surface area contributed by atoms with Gasteiger partial charge in [0.2, 0.25) is 0 Å². The monoisotopic (exact) mass is 372 g/mol. The van der Waals surface area contributed by atoms with E-state index in [0.717, 1.165) is 11.1 Å². The summed E-state index contributed by atoms with van der Waals surface area (Å²) >= 11 is 5.80. The molecule has 1 aromatic heterocycles. The number of fused-ring (bicyclic) bond motifs is 1. The molecule has 2 N–H and O–H groups in total. The molecule has 0 atom stereocenters. The molecule has 3 rings (SSSR count). The number of nitrogens with zero attached hydrogens (tertiary/aromatic N) is 2. The number of imidazole rings is 1. The number of hydrogen-bond donors (Lipinski definition) is 2. The topological polar surface area (TPSA) is 85.1 Å². The van der Waals surface area contributed by atoms with Crippen LogP contribution in [0.3, 0.4) is 0 Å². The van der Waals surface area contributed by atoms with Crippen LogP contribution in [0.4, 0.5) is 5.69 Å². The molecular formula is C18H17ClN4O3. The van der Waals surface area contributed by atoms with Crippen LogP contribution in [0.2, 0.25) is 5.02 Å². The number of carbonyl (C=O) groups excluding carboxylic acids is 2. The molecule has 0 unspecified atom stereocenters. The molecule has 0 aliphatic carbocycles. The number of hydrogen-bond acceptors (Lipinski definition) is 3. The Bertz CT molecular complexity index is 1050. The van der Waals surface area contributed by atoms with Crippen molar-refractivity contribution in [3.8, 4) is 0 Å². The lowest BCUT2D eigenvalue weighted by atomic mass is 10.2. The average Bonchev–Trinajstić information content (AvgIpc) is 2.85. The minimum Gasteiger partial charge on any atom is -0.344 e. The van der Waals surface area contributed by atoms with Crippen molar-refractivity contribution >= 4 is 40.1 Å². The van der Waals surface area contributed by atoms with Crippen LogP contribution in [-0.2, 0) is 30.2 Å². The lowest BCUT2D eigenvalue weighted by Crippen LogP contribution is -2.34. The summed E-state index contributed by atoms with van der Waals surface area (Å²) in [5.74, 6) is -1.53. The van der Waals surface area contributed by atoms with Crippen LogP contribution in [0, 0.1) is 0 Å². The molecule has 0 saturated carbocycles. The van der Waals surface area contributed by atoms with Crippen LogP contribution < -0.4 is 16.3 Å². The molecule has 0 fully saturated rings. The van der Waals surface area contributed by atoms with Gasteiger partial charge in [-0.2, -0.15) is 0 Å². The highest BCUT2D eigenvalue weighted by atomic mass is 35.5. The number of anilines is 1.